The molecule has 2 nitrogen and oxygen atoms in total. The first kappa shape index (κ1) is 11.8. The van der Waals surface area contributed by atoms with Crippen LogP contribution in [0.25, 0.3) is 0 Å². The van der Waals surface area contributed by atoms with E-state index in [1.807, 2.05) is 25.4 Å². The number of pyridine rings is 1. The minimum absolute atomic E-state index is 0.402. The summed E-state index contributed by atoms with van der Waals surface area (Å²) in [6.45, 7) is 2.16. The Morgan fingerprint density at radius 3 is 2.47 bits per heavy atom. The summed E-state index contributed by atoms with van der Waals surface area (Å²) < 4.78 is 0. The van der Waals surface area contributed by atoms with E-state index in [9.17, 15) is 0 Å². The Morgan fingerprint density at radius 2 is 1.88 bits per heavy atom. The molecule has 2 rings (SSSR count). The van der Waals surface area contributed by atoms with Gasteiger partial charge in [-0.05, 0) is 37.2 Å². The molecule has 0 aliphatic carbocycles. The van der Waals surface area contributed by atoms with E-state index in [1.165, 1.54) is 11.1 Å². The number of nitrogens with one attached hydrogen (secondary N) is 1. The van der Waals surface area contributed by atoms with Crippen LogP contribution in [0.4, 0.5) is 0 Å². The third kappa shape index (κ3) is 3.14. The zero-order valence-electron chi connectivity index (χ0n) is 10.4. The molecule has 0 amide bonds. The molecule has 1 aromatic heterocycles. The molecular formula is C15H18N2. The normalized spacial score (nSPS) is 12.4. The van der Waals surface area contributed by atoms with Crippen molar-refractivity contribution in [1.29, 1.82) is 0 Å². The number of aromatic nitrogens is 1. The molecule has 1 aromatic carbocycles. The van der Waals surface area contributed by atoms with Crippen LogP contribution in [0.1, 0.15) is 29.8 Å². The lowest BCUT2D eigenvalue weighted by Gasteiger charge is -2.11. The highest BCUT2D eigenvalue weighted by Crippen LogP contribution is 2.14. The van der Waals surface area contributed by atoms with Crippen LogP contribution >= 0.6 is 0 Å². The minimum atomic E-state index is 0.402. The molecule has 0 spiro atoms. The standard InChI is InChI=1S/C15H18N2/c1-12(16-2)14-8-6-13(7-9-14)11-15-5-3-4-10-17-15/h3-10,12,16H,11H2,1-2H3. The number of benzene rings is 1. The molecule has 0 radical (unpaired) electrons. The second-order valence-electron chi connectivity index (χ2n) is 4.25. The first-order valence-electron chi connectivity index (χ1n) is 5.95. The second-order valence-corrected chi connectivity index (χ2v) is 4.25. The number of nitrogens with zero attached hydrogens (tertiary/aromatic N) is 1. The van der Waals surface area contributed by atoms with Crippen molar-refractivity contribution >= 4 is 0 Å². The van der Waals surface area contributed by atoms with E-state index in [-0.39, 0.29) is 0 Å². The van der Waals surface area contributed by atoms with E-state index in [4.69, 9.17) is 0 Å². The summed E-state index contributed by atoms with van der Waals surface area (Å²) in [5, 5.41) is 3.24. The van der Waals surface area contributed by atoms with E-state index in [2.05, 4.69) is 47.6 Å². The predicted octanol–water partition coefficient (Wildman–Crippen LogP) is 2.95. The van der Waals surface area contributed by atoms with Gasteiger partial charge in [0.1, 0.15) is 0 Å². The van der Waals surface area contributed by atoms with Crippen LogP contribution in [0, 0.1) is 0 Å². The van der Waals surface area contributed by atoms with Crippen molar-refractivity contribution in [1.82, 2.24) is 10.3 Å². The van der Waals surface area contributed by atoms with Crippen molar-refractivity contribution in [2.24, 2.45) is 0 Å². The molecule has 1 heterocycles. The van der Waals surface area contributed by atoms with Crippen LogP contribution in [0.3, 0.4) is 0 Å². The summed E-state index contributed by atoms with van der Waals surface area (Å²) in [4.78, 5) is 4.34. The van der Waals surface area contributed by atoms with Gasteiger partial charge in [0.15, 0.2) is 0 Å². The predicted molar refractivity (Wildman–Crippen MR) is 71.0 cm³/mol. The van der Waals surface area contributed by atoms with E-state index >= 15 is 0 Å². The van der Waals surface area contributed by atoms with Crippen molar-refractivity contribution in [3.8, 4) is 0 Å². The highest BCUT2D eigenvalue weighted by molar-refractivity contribution is 5.27. The van der Waals surface area contributed by atoms with Gasteiger partial charge >= 0.3 is 0 Å². The molecule has 1 unspecified atom stereocenters. The Bertz CT molecular complexity index is 448. The van der Waals surface area contributed by atoms with Gasteiger partial charge in [-0.15, -0.1) is 0 Å². The summed E-state index contributed by atoms with van der Waals surface area (Å²) in [5.41, 5.74) is 3.73. The van der Waals surface area contributed by atoms with Crippen LogP contribution in [0.5, 0.6) is 0 Å². The quantitative estimate of drug-likeness (QED) is 0.867. The highest BCUT2D eigenvalue weighted by Gasteiger charge is 2.02. The number of hydrogen-bond acceptors (Lipinski definition) is 2. The molecule has 88 valence electrons. The van der Waals surface area contributed by atoms with Gasteiger partial charge in [0, 0.05) is 24.4 Å². The van der Waals surface area contributed by atoms with Gasteiger partial charge in [-0.2, -0.15) is 0 Å². The number of hydrogen-bond donors (Lipinski definition) is 1. The van der Waals surface area contributed by atoms with Crippen molar-refractivity contribution in [3.63, 3.8) is 0 Å². The zero-order valence-corrected chi connectivity index (χ0v) is 10.4. The van der Waals surface area contributed by atoms with Gasteiger partial charge in [0.2, 0.25) is 0 Å². The Hall–Kier alpha value is -1.67. The SMILES string of the molecule is CNC(C)c1ccc(Cc2ccccn2)cc1. The molecule has 0 saturated heterocycles. The molecule has 0 bridgehead atoms. The third-order valence-electron chi connectivity index (χ3n) is 3.02. The summed E-state index contributed by atoms with van der Waals surface area (Å²) in [6, 6.07) is 15.2. The highest BCUT2D eigenvalue weighted by atomic mass is 14.8. The fourth-order valence-corrected chi connectivity index (χ4v) is 1.80. The molecule has 2 aromatic rings. The molecule has 17 heavy (non-hydrogen) atoms. The Morgan fingerprint density at radius 1 is 1.12 bits per heavy atom. The lowest BCUT2D eigenvalue weighted by molar-refractivity contribution is 0.652. The van der Waals surface area contributed by atoms with Crippen molar-refractivity contribution in [2.75, 3.05) is 7.05 Å². The Labute approximate surface area is 103 Å². The number of rotatable bonds is 4. The zero-order chi connectivity index (χ0) is 12.1. The maximum atomic E-state index is 4.34. The van der Waals surface area contributed by atoms with Crippen LogP contribution in [-0.4, -0.2) is 12.0 Å². The summed E-state index contributed by atoms with van der Waals surface area (Å²) in [7, 11) is 1.98. The van der Waals surface area contributed by atoms with Crippen molar-refractivity contribution < 1.29 is 0 Å². The Kier molecular flexibility index (Phi) is 3.89. The topological polar surface area (TPSA) is 24.9 Å². The lowest BCUT2D eigenvalue weighted by Crippen LogP contribution is -2.12. The van der Waals surface area contributed by atoms with Gasteiger partial charge < -0.3 is 5.32 Å². The minimum Gasteiger partial charge on any atom is -0.313 e. The van der Waals surface area contributed by atoms with Crippen LogP contribution in [-0.2, 0) is 6.42 Å². The van der Waals surface area contributed by atoms with Gasteiger partial charge in [-0.1, -0.05) is 30.3 Å². The fraction of sp³-hybridized carbons (Fsp3) is 0.267. The van der Waals surface area contributed by atoms with Gasteiger partial charge in [0.05, 0.1) is 0 Å². The van der Waals surface area contributed by atoms with Crippen molar-refractivity contribution in [2.45, 2.75) is 19.4 Å². The smallest absolute Gasteiger partial charge is 0.0447 e. The molecule has 1 atom stereocenters. The van der Waals surface area contributed by atoms with E-state index in [0.29, 0.717) is 6.04 Å². The second kappa shape index (κ2) is 5.60. The average Bonchev–Trinajstić information content (AvgIpc) is 2.40. The third-order valence-corrected chi connectivity index (χ3v) is 3.02. The van der Waals surface area contributed by atoms with Crippen molar-refractivity contribution in [3.05, 3.63) is 65.5 Å². The molecule has 0 saturated carbocycles. The molecule has 0 aliphatic heterocycles. The van der Waals surface area contributed by atoms with Gasteiger partial charge in [-0.3, -0.25) is 4.98 Å². The van der Waals surface area contributed by atoms with E-state index in [0.717, 1.165) is 12.1 Å². The summed E-state index contributed by atoms with van der Waals surface area (Å²) >= 11 is 0. The lowest BCUT2D eigenvalue weighted by atomic mass is 10.0. The molecule has 2 heteroatoms. The van der Waals surface area contributed by atoms with E-state index in [1.54, 1.807) is 0 Å². The fourth-order valence-electron chi connectivity index (χ4n) is 1.80. The van der Waals surface area contributed by atoms with Crippen LogP contribution in [0.15, 0.2) is 48.7 Å². The van der Waals surface area contributed by atoms with Crippen LogP contribution < -0.4 is 5.32 Å². The van der Waals surface area contributed by atoms with Gasteiger partial charge in [-0.25, -0.2) is 0 Å². The maximum absolute atomic E-state index is 4.34. The summed E-state index contributed by atoms with van der Waals surface area (Å²) in [5.74, 6) is 0. The first-order valence-corrected chi connectivity index (χ1v) is 5.95. The van der Waals surface area contributed by atoms with E-state index < -0.39 is 0 Å². The average molecular weight is 226 g/mol. The maximum Gasteiger partial charge on any atom is 0.0447 e. The molecule has 0 fully saturated rings. The first-order chi connectivity index (χ1) is 8.29. The van der Waals surface area contributed by atoms with Gasteiger partial charge in [0.25, 0.3) is 0 Å². The molecule has 1 N–H and O–H groups in total. The Balaban J connectivity index is 2.08. The monoisotopic (exact) mass is 226 g/mol. The molecular weight excluding hydrogens is 208 g/mol. The van der Waals surface area contributed by atoms with Crippen LogP contribution in [0.2, 0.25) is 0 Å². The molecule has 0 aliphatic rings. The summed E-state index contributed by atoms with van der Waals surface area (Å²) in [6.07, 6.45) is 2.74. The largest absolute Gasteiger partial charge is 0.313 e.